The van der Waals surface area contributed by atoms with Gasteiger partial charge < -0.3 is 0 Å². The molecule has 0 nitrogen and oxygen atoms in total. The molecular weight excluding hydrogens is 167 g/mol. The van der Waals surface area contributed by atoms with Crippen LogP contribution in [0.1, 0.15) is 6.42 Å². The van der Waals surface area contributed by atoms with Crippen LogP contribution in [0.4, 0.5) is 0 Å². The molecule has 0 aliphatic heterocycles. The summed E-state index contributed by atoms with van der Waals surface area (Å²) in [5.74, 6) is 1.05. The molecule has 0 fully saturated rings. The van der Waals surface area contributed by atoms with Gasteiger partial charge in [-0.05, 0) is 18.3 Å². The standard InChI is InChI=1S/C8H8Cl2/c9-7-4-5-1-2-6(3-5)8(7)10/h1-2,4-6,8H,3H2/t5-,6+,8-/m0/s1. The van der Waals surface area contributed by atoms with Crippen molar-refractivity contribution in [2.45, 2.75) is 11.8 Å². The minimum atomic E-state index is 0.0386. The van der Waals surface area contributed by atoms with Crippen molar-refractivity contribution in [3.63, 3.8) is 0 Å². The third kappa shape index (κ3) is 0.906. The van der Waals surface area contributed by atoms with E-state index in [-0.39, 0.29) is 5.38 Å². The predicted octanol–water partition coefficient (Wildman–Crippen LogP) is 2.92. The Morgan fingerprint density at radius 1 is 1.40 bits per heavy atom. The third-order valence-electron chi connectivity index (χ3n) is 2.16. The van der Waals surface area contributed by atoms with Crippen LogP contribution < -0.4 is 0 Å². The SMILES string of the molecule is ClC1=C[C@H]2C=C[C@H](C2)[C@@H]1Cl. The first-order chi connectivity index (χ1) is 4.77. The molecular formula is C8H8Cl2. The van der Waals surface area contributed by atoms with Gasteiger partial charge in [0.25, 0.3) is 0 Å². The largest absolute Gasteiger partial charge is 0.116 e. The Morgan fingerprint density at radius 2 is 2.20 bits per heavy atom. The molecule has 0 aromatic rings. The number of alkyl halides is 1. The van der Waals surface area contributed by atoms with Crippen molar-refractivity contribution in [1.82, 2.24) is 0 Å². The Hall–Kier alpha value is 0.0600. The lowest BCUT2D eigenvalue weighted by Gasteiger charge is -2.21. The predicted molar refractivity (Wildman–Crippen MR) is 44.3 cm³/mol. The summed E-state index contributed by atoms with van der Waals surface area (Å²) in [6.07, 6.45) is 7.58. The maximum Gasteiger partial charge on any atom is 0.0752 e. The van der Waals surface area contributed by atoms with Gasteiger partial charge >= 0.3 is 0 Å². The van der Waals surface area contributed by atoms with E-state index in [2.05, 4.69) is 18.2 Å². The monoisotopic (exact) mass is 174 g/mol. The molecule has 0 unspecified atom stereocenters. The second-order valence-corrected chi connectivity index (χ2v) is 3.81. The van der Waals surface area contributed by atoms with Gasteiger partial charge in [-0.1, -0.05) is 29.8 Å². The van der Waals surface area contributed by atoms with Crippen molar-refractivity contribution in [2.75, 3.05) is 0 Å². The number of hydrogen-bond acceptors (Lipinski definition) is 0. The molecule has 0 saturated heterocycles. The van der Waals surface area contributed by atoms with Crippen LogP contribution >= 0.6 is 23.2 Å². The second-order valence-electron chi connectivity index (χ2n) is 2.90. The summed E-state index contributed by atoms with van der Waals surface area (Å²) >= 11 is 11.9. The molecule has 0 N–H and O–H groups in total. The van der Waals surface area contributed by atoms with E-state index >= 15 is 0 Å². The summed E-state index contributed by atoms with van der Waals surface area (Å²) in [5.41, 5.74) is 0. The fourth-order valence-electron chi connectivity index (χ4n) is 1.60. The highest BCUT2D eigenvalue weighted by molar-refractivity contribution is 6.37. The molecule has 0 heterocycles. The molecule has 0 aromatic heterocycles. The van der Waals surface area contributed by atoms with Crippen LogP contribution in [0.5, 0.6) is 0 Å². The van der Waals surface area contributed by atoms with Gasteiger partial charge in [-0.15, -0.1) is 11.6 Å². The Balaban J connectivity index is 2.32. The van der Waals surface area contributed by atoms with E-state index < -0.39 is 0 Å². The maximum absolute atomic E-state index is 6.01. The minimum Gasteiger partial charge on any atom is -0.116 e. The normalized spacial score (nSPS) is 43.8. The molecule has 0 amide bonds. The number of allylic oxidation sites excluding steroid dienone is 4. The van der Waals surface area contributed by atoms with Gasteiger partial charge in [0.1, 0.15) is 0 Å². The molecule has 2 bridgehead atoms. The van der Waals surface area contributed by atoms with E-state index in [1.54, 1.807) is 0 Å². The number of hydrogen-bond donors (Lipinski definition) is 0. The van der Waals surface area contributed by atoms with Crippen molar-refractivity contribution in [3.8, 4) is 0 Å². The van der Waals surface area contributed by atoms with Crippen molar-refractivity contribution < 1.29 is 0 Å². The van der Waals surface area contributed by atoms with E-state index in [4.69, 9.17) is 23.2 Å². The average molecular weight is 175 g/mol. The van der Waals surface area contributed by atoms with Crippen LogP contribution in [0.2, 0.25) is 0 Å². The van der Waals surface area contributed by atoms with Gasteiger partial charge in [-0.3, -0.25) is 0 Å². The number of fused-ring (bicyclic) bond motifs is 2. The van der Waals surface area contributed by atoms with Gasteiger partial charge in [0, 0.05) is 5.03 Å². The zero-order valence-electron chi connectivity index (χ0n) is 5.43. The van der Waals surface area contributed by atoms with Gasteiger partial charge in [0.05, 0.1) is 5.38 Å². The minimum absolute atomic E-state index is 0.0386. The maximum atomic E-state index is 6.01. The molecule has 0 aromatic carbocycles. The topological polar surface area (TPSA) is 0 Å². The quantitative estimate of drug-likeness (QED) is 0.392. The van der Waals surface area contributed by atoms with Crippen LogP contribution in [-0.4, -0.2) is 5.38 Å². The lowest BCUT2D eigenvalue weighted by molar-refractivity contribution is 0.561. The molecule has 0 saturated carbocycles. The summed E-state index contributed by atoms with van der Waals surface area (Å²) in [6, 6.07) is 0. The molecule has 0 radical (unpaired) electrons. The van der Waals surface area contributed by atoms with Gasteiger partial charge in [-0.2, -0.15) is 0 Å². The fourth-order valence-corrected chi connectivity index (χ4v) is 2.18. The van der Waals surface area contributed by atoms with E-state index in [1.165, 1.54) is 0 Å². The number of rotatable bonds is 0. The van der Waals surface area contributed by atoms with E-state index in [9.17, 15) is 0 Å². The summed E-state index contributed by atoms with van der Waals surface area (Å²) in [7, 11) is 0. The van der Waals surface area contributed by atoms with Crippen LogP contribution in [0.25, 0.3) is 0 Å². The van der Waals surface area contributed by atoms with E-state index in [0.29, 0.717) is 11.8 Å². The van der Waals surface area contributed by atoms with Gasteiger partial charge in [0.15, 0.2) is 0 Å². The van der Waals surface area contributed by atoms with E-state index in [1.807, 2.05) is 0 Å². The Bertz CT molecular complexity index is 205. The molecule has 2 heteroatoms. The molecule has 0 spiro atoms. The molecule has 2 rings (SSSR count). The first-order valence-corrected chi connectivity index (χ1v) is 4.28. The summed E-state index contributed by atoms with van der Waals surface area (Å²) in [4.78, 5) is 0. The highest BCUT2D eigenvalue weighted by Crippen LogP contribution is 2.39. The summed E-state index contributed by atoms with van der Waals surface area (Å²) < 4.78 is 0. The lowest BCUT2D eigenvalue weighted by Crippen LogP contribution is -2.16. The van der Waals surface area contributed by atoms with Crippen molar-refractivity contribution >= 4 is 23.2 Å². The van der Waals surface area contributed by atoms with Crippen LogP contribution in [0.3, 0.4) is 0 Å². The Morgan fingerprint density at radius 3 is 3.00 bits per heavy atom. The highest BCUT2D eigenvalue weighted by atomic mass is 35.5. The van der Waals surface area contributed by atoms with Gasteiger partial charge in [-0.25, -0.2) is 0 Å². The first kappa shape index (κ1) is 6.75. The zero-order valence-corrected chi connectivity index (χ0v) is 6.94. The molecule has 2 aliphatic rings. The molecule has 54 valence electrons. The van der Waals surface area contributed by atoms with Crippen LogP contribution in [0.15, 0.2) is 23.3 Å². The lowest BCUT2D eigenvalue weighted by atomic mass is 9.94. The average Bonchev–Trinajstić information content (AvgIpc) is 2.29. The van der Waals surface area contributed by atoms with Crippen molar-refractivity contribution in [2.24, 2.45) is 11.8 Å². The van der Waals surface area contributed by atoms with Crippen LogP contribution in [-0.2, 0) is 0 Å². The Labute approximate surface area is 70.5 Å². The molecule has 10 heavy (non-hydrogen) atoms. The smallest absolute Gasteiger partial charge is 0.0752 e. The van der Waals surface area contributed by atoms with Crippen LogP contribution in [0, 0.1) is 11.8 Å². The van der Waals surface area contributed by atoms with Crippen molar-refractivity contribution in [3.05, 3.63) is 23.3 Å². The molecule has 3 atom stereocenters. The highest BCUT2D eigenvalue weighted by Gasteiger charge is 2.30. The fraction of sp³-hybridized carbons (Fsp3) is 0.500. The molecule has 2 aliphatic carbocycles. The third-order valence-corrected chi connectivity index (χ3v) is 3.19. The zero-order chi connectivity index (χ0) is 7.14. The summed E-state index contributed by atoms with van der Waals surface area (Å²) in [5, 5.41) is 0.865. The van der Waals surface area contributed by atoms with Crippen molar-refractivity contribution in [1.29, 1.82) is 0 Å². The summed E-state index contributed by atoms with van der Waals surface area (Å²) in [6.45, 7) is 0. The first-order valence-electron chi connectivity index (χ1n) is 3.47. The van der Waals surface area contributed by atoms with Gasteiger partial charge in [0.2, 0.25) is 0 Å². The Kier molecular flexibility index (Phi) is 1.54. The number of halogens is 2. The van der Waals surface area contributed by atoms with E-state index in [0.717, 1.165) is 11.5 Å². The second kappa shape index (κ2) is 2.28.